The third-order valence-electron chi connectivity index (χ3n) is 4.11. The molecule has 5 heteroatoms. The zero-order valence-corrected chi connectivity index (χ0v) is 12.7. The first-order valence-electron chi connectivity index (χ1n) is 7.28. The lowest BCUT2D eigenvalue weighted by atomic mass is 10.2. The number of hydrogen-bond acceptors (Lipinski definition) is 2. The summed E-state index contributed by atoms with van der Waals surface area (Å²) in [7, 11) is 4.14. The number of imide groups is 1. The third kappa shape index (κ3) is 5.19. The molecule has 1 fully saturated rings. The molecule has 0 spiro atoms. The summed E-state index contributed by atoms with van der Waals surface area (Å²) in [6.45, 7) is 4.27. The molecular formula is C14H28N3O2+. The van der Waals surface area contributed by atoms with Gasteiger partial charge in [-0.15, -0.1) is 0 Å². The quantitative estimate of drug-likeness (QED) is 0.746. The summed E-state index contributed by atoms with van der Waals surface area (Å²) in [6.07, 6.45) is 5.72. The van der Waals surface area contributed by atoms with Crippen molar-refractivity contribution in [1.82, 2.24) is 10.6 Å². The van der Waals surface area contributed by atoms with Crippen LogP contribution in [0.5, 0.6) is 0 Å². The second kappa shape index (κ2) is 6.89. The van der Waals surface area contributed by atoms with Gasteiger partial charge in [0.25, 0.3) is 5.91 Å². The van der Waals surface area contributed by atoms with E-state index in [1.807, 2.05) is 13.8 Å². The molecule has 5 nitrogen and oxygen atoms in total. The molecule has 0 heterocycles. The van der Waals surface area contributed by atoms with E-state index in [4.69, 9.17) is 0 Å². The van der Waals surface area contributed by atoms with Crippen LogP contribution in [0.1, 0.15) is 46.0 Å². The van der Waals surface area contributed by atoms with E-state index in [1.54, 1.807) is 0 Å². The Bertz CT molecular complexity index is 323. The van der Waals surface area contributed by atoms with Crippen LogP contribution >= 0.6 is 0 Å². The van der Waals surface area contributed by atoms with Crippen molar-refractivity contribution in [1.29, 1.82) is 0 Å². The average molecular weight is 270 g/mol. The Morgan fingerprint density at radius 3 is 2.37 bits per heavy atom. The third-order valence-corrected chi connectivity index (χ3v) is 4.11. The van der Waals surface area contributed by atoms with Crippen LogP contribution in [0.25, 0.3) is 0 Å². The lowest BCUT2D eigenvalue weighted by Crippen LogP contribution is -2.55. The van der Waals surface area contributed by atoms with Crippen LogP contribution in [0.15, 0.2) is 0 Å². The van der Waals surface area contributed by atoms with Crippen molar-refractivity contribution in [3.8, 4) is 0 Å². The first kappa shape index (κ1) is 16.0. The maximum absolute atomic E-state index is 11.9. The number of hydrogen-bond donors (Lipinski definition) is 2. The Balaban J connectivity index is 2.39. The second-order valence-electron chi connectivity index (χ2n) is 6.21. The molecule has 1 aliphatic rings. The van der Waals surface area contributed by atoms with Gasteiger partial charge in [-0.05, 0) is 39.0 Å². The second-order valence-corrected chi connectivity index (χ2v) is 6.21. The minimum atomic E-state index is -0.384. The number of rotatable bonds is 5. The van der Waals surface area contributed by atoms with Crippen LogP contribution in [-0.4, -0.2) is 49.1 Å². The van der Waals surface area contributed by atoms with Crippen molar-refractivity contribution in [3.05, 3.63) is 0 Å². The molecule has 3 amide bonds. The Labute approximate surface area is 116 Å². The Morgan fingerprint density at radius 1 is 1.26 bits per heavy atom. The number of nitrogens with one attached hydrogen (secondary N) is 2. The maximum atomic E-state index is 11.9. The number of quaternary nitrogens is 1. The molecule has 110 valence electrons. The minimum absolute atomic E-state index is 0.0881. The summed E-state index contributed by atoms with van der Waals surface area (Å²) in [6, 6.07) is 0.249. The summed E-state index contributed by atoms with van der Waals surface area (Å²) in [5.74, 6) is -0.197. The highest BCUT2D eigenvalue weighted by Gasteiger charge is 2.33. The molecule has 0 aliphatic heterocycles. The highest BCUT2D eigenvalue weighted by molar-refractivity contribution is 5.94. The average Bonchev–Trinajstić information content (AvgIpc) is 2.81. The Morgan fingerprint density at radius 2 is 1.84 bits per heavy atom. The molecule has 0 saturated heterocycles. The fraction of sp³-hybridized carbons (Fsp3) is 0.857. The number of likely N-dealkylation sites (N-methyl/N-ethyl adjacent to an activating group) is 1. The van der Waals surface area contributed by atoms with Gasteiger partial charge in [0, 0.05) is 6.04 Å². The maximum Gasteiger partial charge on any atom is 0.321 e. The number of carbonyl (C=O) groups excluding carboxylic acids is 2. The van der Waals surface area contributed by atoms with Crippen LogP contribution in [0.3, 0.4) is 0 Å². The van der Waals surface area contributed by atoms with Crippen molar-refractivity contribution in [2.45, 2.75) is 58.0 Å². The van der Waals surface area contributed by atoms with Crippen molar-refractivity contribution < 1.29 is 14.1 Å². The van der Waals surface area contributed by atoms with Gasteiger partial charge in [-0.2, -0.15) is 0 Å². The molecule has 0 aromatic heterocycles. The Hall–Kier alpha value is -1.10. The van der Waals surface area contributed by atoms with E-state index in [-0.39, 0.29) is 18.0 Å². The van der Waals surface area contributed by atoms with Gasteiger partial charge in [0.2, 0.25) is 0 Å². The lowest BCUT2D eigenvalue weighted by molar-refractivity contribution is -0.906. The summed E-state index contributed by atoms with van der Waals surface area (Å²) >= 11 is 0. The van der Waals surface area contributed by atoms with Gasteiger partial charge < -0.3 is 9.80 Å². The SMILES string of the molecule is CC[C@@H](C)NC(=O)NC(=O)C[N+](C)(C)C1CCCC1. The van der Waals surface area contributed by atoms with E-state index in [0.29, 0.717) is 17.1 Å². The first-order chi connectivity index (χ1) is 8.85. The van der Waals surface area contributed by atoms with Gasteiger partial charge in [0.05, 0.1) is 20.1 Å². The highest BCUT2D eigenvalue weighted by atomic mass is 16.2. The van der Waals surface area contributed by atoms with E-state index in [9.17, 15) is 9.59 Å². The first-order valence-corrected chi connectivity index (χ1v) is 7.28. The van der Waals surface area contributed by atoms with Gasteiger partial charge in [-0.25, -0.2) is 4.79 Å². The van der Waals surface area contributed by atoms with Crippen molar-refractivity contribution in [3.63, 3.8) is 0 Å². The van der Waals surface area contributed by atoms with Crippen LogP contribution in [-0.2, 0) is 4.79 Å². The molecular weight excluding hydrogens is 242 g/mol. The van der Waals surface area contributed by atoms with E-state index in [0.717, 1.165) is 6.42 Å². The summed E-state index contributed by atoms with van der Waals surface area (Å²) in [5, 5.41) is 5.16. The Kier molecular flexibility index (Phi) is 5.79. The molecule has 0 bridgehead atoms. The molecule has 1 aliphatic carbocycles. The number of carbonyl (C=O) groups is 2. The number of amides is 3. The molecule has 2 N–H and O–H groups in total. The summed E-state index contributed by atoms with van der Waals surface area (Å²) in [4.78, 5) is 23.5. The van der Waals surface area contributed by atoms with E-state index in [2.05, 4.69) is 24.7 Å². The van der Waals surface area contributed by atoms with E-state index < -0.39 is 0 Å². The predicted octanol–water partition coefficient (Wildman–Crippen LogP) is 1.63. The predicted molar refractivity (Wildman–Crippen MR) is 75.7 cm³/mol. The highest BCUT2D eigenvalue weighted by Crippen LogP contribution is 2.26. The lowest BCUT2D eigenvalue weighted by Gasteiger charge is -2.35. The zero-order chi connectivity index (χ0) is 14.5. The van der Waals surface area contributed by atoms with Crippen molar-refractivity contribution >= 4 is 11.9 Å². The zero-order valence-electron chi connectivity index (χ0n) is 12.7. The fourth-order valence-corrected chi connectivity index (χ4v) is 2.63. The molecule has 0 unspecified atom stereocenters. The molecule has 1 saturated carbocycles. The van der Waals surface area contributed by atoms with Gasteiger partial charge >= 0.3 is 6.03 Å². The molecule has 1 atom stereocenters. The normalized spacial score (nSPS) is 18.1. The smallest absolute Gasteiger partial charge is 0.321 e. The molecule has 0 radical (unpaired) electrons. The largest absolute Gasteiger partial charge is 0.335 e. The van der Waals surface area contributed by atoms with Gasteiger partial charge in [0.15, 0.2) is 6.54 Å². The van der Waals surface area contributed by atoms with E-state index >= 15 is 0 Å². The molecule has 0 aromatic rings. The van der Waals surface area contributed by atoms with Gasteiger partial charge in [0.1, 0.15) is 0 Å². The van der Waals surface area contributed by atoms with E-state index in [1.165, 1.54) is 25.7 Å². The monoisotopic (exact) mass is 270 g/mol. The fourth-order valence-electron chi connectivity index (χ4n) is 2.63. The molecule has 19 heavy (non-hydrogen) atoms. The number of urea groups is 1. The van der Waals surface area contributed by atoms with Crippen molar-refractivity contribution in [2.75, 3.05) is 20.6 Å². The summed E-state index contributed by atoms with van der Waals surface area (Å²) in [5.41, 5.74) is 0. The molecule has 1 rings (SSSR count). The van der Waals surface area contributed by atoms with Crippen LogP contribution < -0.4 is 10.6 Å². The minimum Gasteiger partial charge on any atom is -0.335 e. The van der Waals surface area contributed by atoms with Crippen LogP contribution in [0, 0.1) is 0 Å². The number of nitrogens with zero attached hydrogens (tertiary/aromatic N) is 1. The summed E-state index contributed by atoms with van der Waals surface area (Å²) < 4.78 is 0.669. The van der Waals surface area contributed by atoms with Crippen molar-refractivity contribution in [2.24, 2.45) is 0 Å². The van der Waals surface area contributed by atoms with Gasteiger partial charge in [-0.3, -0.25) is 10.1 Å². The van der Waals surface area contributed by atoms with Gasteiger partial charge in [-0.1, -0.05) is 6.92 Å². The standard InChI is InChI=1S/C14H27N3O2/c1-5-11(2)15-14(19)16-13(18)10-17(3,4)12-8-6-7-9-12/h11-12H,5-10H2,1-4H3,(H-,15,16,18,19)/p+1/t11-/m1/s1. The molecule has 0 aromatic carbocycles. The topological polar surface area (TPSA) is 58.2 Å². The van der Waals surface area contributed by atoms with Crippen LogP contribution in [0.4, 0.5) is 4.79 Å². The van der Waals surface area contributed by atoms with Crippen LogP contribution in [0.2, 0.25) is 0 Å².